The van der Waals surface area contributed by atoms with Crippen molar-refractivity contribution in [2.24, 2.45) is 17.8 Å². The predicted molar refractivity (Wildman–Crippen MR) is 118 cm³/mol. The summed E-state index contributed by atoms with van der Waals surface area (Å²) in [6, 6.07) is 12.5. The zero-order chi connectivity index (χ0) is 20.3. The molecule has 0 spiro atoms. The second kappa shape index (κ2) is 8.90. The normalized spacial score (nSPS) is 27.2. The highest BCUT2D eigenvalue weighted by molar-refractivity contribution is 5.60. The third-order valence-corrected chi connectivity index (χ3v) is 7.09. The minimum absolute atomic E-state index is 0.520. The lowest BCUT2D eigenvalue weighted by molar-refractivity contribution is 0.0545. The van der Waals surface area contributed by atoms with Gasteiger partial charge in [-0.15, -0.1) is 10.2 Å². The van der Waals surface area contributed by atoms with Gasteiger partial charge in [-0.25, -0.2) is 0 Å². The van der Waals surface area contributed by atoms with Crippen molar-refractivity contribution >= 4 is 5.82 Å². The Morgan fingerprint density at radius 3 is 2.37 bits per heavy atom. The van der Waals surface area contributed by atoms with Gasteiger partial charge in [-0.2, -0.15) is 0 Å². The molecule has 6 nitrogen and oxygen atoms in total. The van der Waals surface area contributed by atoms with E-state index in [0.717, 1.165) is 53.8 Å². The van der Waals surface area contributed by atoms with Crippen molar-refractivity contribution in [1.29, 1.82) is 0 Å². The molecule has 0 unspecified atom stereocenters. The molecule has 2 aromatic rings. The molecule has 1 aliphatic carbocycles. The molecule has 3 atom stereocenters. The Morgan fingerprint density at radius 2 is 1.73 bits per heavy atom. The largest absolute Gasteiger partial charge is 0.497 e. The Bertz CT molecular complexity index is 806. The van der Waals surface area contributed by atoms with Crippen LogP contribution in [-0.2, 0) is 4.74 Å². The number of likely N-dealkylation sites (tertiary alicyclic amines) is 1. The molecule has 3 aliphatic rings. The maximum absolute atomic E-state index is 5.51. The first-order valence-electron chi connectivity index (χ1n) is 11.3. The van der Waals surface area contributed by atoms with Gasteiger partial charge in [-0.05, 0) is 79.8 Å². The number of fused-ring (bicyclic) bond motifs is 1. The van der Waals surface area contributed by atoms with Crippen LogP contribution in [0.4, 0.5) is 5.82 Å². The summed E-state index contributed by atoms with van der Waals surface area (Å²) in [6.45, 7) is 5.71. The fraction of sp³-hybridized carbons (Fsp3) is 0.583. The number of benzene rings is 1. The quantitative estimate of drug-likeness (QED) is 0.787. The van der Waals surface area contributed by atoms with E-state index in [-0.39, 0.29) is 0 Å². The minimum Gasteiger partial charge on any atom is -0.497 e. The highest BCUT2D eigenvalue weighted by atomic mass is 16.5. The van der Waals surface area contributed by atoms with Crippen LogP contribution in [0.25, 0.3) is 11.3 Å². The van der Waals surface area contributed by atoms with E-state index in [1.54, 1.807) is 7.11 Å². The fourth-order valence-electron chi connectivity index (χ4n) is 5.49. The van der Waals surface area contributed by atoms with E-state index in [9.17, 15) is 0 Å². The Kier molecular flexibility index (Phi) is 5.86. The van der Waals surface area contributed by atoms with Crippen molar-refractivity contribution in [2.75, 3.05) is 45.3 Å². The molecule has 0 bridgehead atoms. The SMILES string of the molecule is COc1ccc(-c2ccc(N[C@H]3C[C@@H]4CN(CC5CCOCC5)C[C@@H]4C3)nn2)cc1. The summed E-state index contributed by atoms with van der Waals surface area (Å²) >= 11 is 0. The average Bonchev–Trinajstić information content (AvgIpc) is 3.33. The Hall–Kier alpha value is -2.18. The molecule has 1 N–H and O–H groups in total. The summed E-state index contributed by atoms with van der Waals surface area (Å²) < 4.78 is 10.7. The van der Waals surface area contributed by atoms with Gasteiger partial charge in [-0.1, -0.05) is 0 Å². The van der Waals surface area contributed by atoms with E-state index in [1.165, 1.54) is 45.3 Å². The molecule has 0 radical (unpaired) electrons. The molecule has 6 heteroatoms. The molecule has 1 saturated carbocycles. The molecule has 160 valence electrons. The van der Waals surface area contributed by atoms with Crippen LogP contribution >= 0.6 is 0 Å². The molecular weight excluding hydrogens is 376 g/mol. The summed E-state index contributed by atoms with van der Waals surface area (Å²) in [4.78, 5) is 2.71. The molecule has 1 aromatic heterocycles. The molecule has 3 heterocycles. The maximum Gasteiger partial charge on any atom is 0.148 e. The van der Waals surface area contributed by atoms with Gasteiger partial charge in [0.2, 0.25) is 0 Å². The molecule has 1 aromatic carbocycles. The maximum atomic E-state index is 5.51. The number of hydrogen-bond acceptors (Lipinski definition) is 6. The zero-order valence-corrected chi connectivity index (χ0v) is 17.8. The van der Waals surface area contributed by atoms with Crippen molar-refractivity contribution in [3.8, 4) is 17.0 Å². The van der Waals surface area contributed by atoms with Crippen LogP contribution in [0.15, 0.2) is 36.4 Å². The van der Waals surface area contributed by atoms with Crippen LogP contribution in [0.2, 0.25) is 0 Å². The van der Waals surface area contributed by atoms with Crippen LogP contribution in [0, 0.1) is 17.8 Å². The third kappa shape index (κ3) is 4.44. The first-order chi connectivity index (χ1) is 14.8. The van der Waals surface area contributed by atoms with Crippen molar-refractivity contribution in [3.63, 3.8) is 0 Å². The predicted octanol–water partition coefficient (Wildman–Crippen LogP) is 3.70. The smallest absolute Gasteiger partial charge is 0.148 e. The molecule has 2 aliphatic heterocycles. The summed E-state index contributed by atoms with van der Waals surface area (Å²) in [7, 11) is 1.68. The lowest BCUT2D eigenvalue weighted by atomic mass is 10.00. The van der Waals surface area contributed by atoms with Crippen LogP contribution in [0.5, 0.6) is 5.75 Å². The number of hydrogen-bond donors (Lipinski definition) is 1. The van der Waals surface area contributed by atoms with Crippen LogP contribution in [0.3, 0.4) is 0 Å². The van der Waals surface area contributed by atoms with Gasteiger partial charge in [0.05, 0.1) is 12.8 Å². The Labute approximate surface area is 179 Å². The first-order valence-corrected chi connectivity index (χ1v) is 11.3. The van der Waals surface area contributed by atoms with Crippen molar-refractivity contribution in [1.82, 2.24) is 15.1 Å². The average molecular weight is 409 g/mol. The number of anilines is 1. The topological polar surface area (TPSA) is 59.5 Å². The summed E-state index contributed by atoms with van der Waals surface area (Å²) in [5.41, 5.74) is 1.94. The number of methoxy groups -OCH3 is 1. The number of rotatable bonds is 6. The number of nitrogens with zero attached hydrogens (tertiary/aromatic N) is 3. The van der Waals surface area contributed by atoms with Gasteiger partial charge in [0.15, 0.2) is 0 Å². The van der Waals surface area contributed by atoms with Crippen LogP contribution < -0.4 is 10.1 Å². The van der Waals surface area contributed by atoms with Crippen molar-refractivity contribution in [3.05, 3.63) is 36.4 Å². The first kappa shape index (κ1) is 19.8. The van der Waals surface area contributed by atoms with E-state index in [0.29, 0.717) is 6.04 Å². The third-order valence-electron chi connectivity index (χ3n) is 7.09. The highest BCUT2D eigenvalue weighted by Crippen LogP contribution is 2.39. The summed E-state index contributed by atoms with van der Waals surface area (Å²) in [6.07, 6.45) is 4.97. The van der Waals surface area contributed by atoms with Crippen LogP contribution in [0.1, 0.15) is 25.7 Å². The lowest BCUT2D eigenvalue weighted by Gasteiger charge is -2.27. The van der Waals surface area contributed by atoms with Gasteiger partial charge >= 0.3 is 0 Å². The van der Waals surface area contributed by atoms with Crippen molar-refractivity contribution < 1.29 is 9.47 Å². The second-order valence-corrected chi connectivity index (χ2v) is 9.14. The van der Waals surface area contributed by atoms with Gasteiger partial charge in [0.25, 0.3) is 0 Å². The molecule has 2 saturated heterocycles. The molecule has 5 rings (SSSR count). The summed E-state index contributed by atoms with van der Waals surface area (Å²) in [5.74, 6) is 4.23. The Morgan fingerprint density at radius 1 is 1.00 bits per heavy atom. The van der Waals surface area contributed by atoms with E-state index in [2.05, 4.69) is 26.5 Å². The highest BCUT2D eigenvalue weighted by Gasteiger charge is 2.41. The van der Waals surface area contributed by atoms with E-state index < -0.39 is 0 Å². The number of nitrogens with one attached hydrogen (secondary N) is 1. The van der Waals surface area contributed by atoms with Gasteiger partial charge < -0.3 is 19.7 Å². The van der Waals surface area contributed by atoms with E-state index in [4.69, 9.17) is 9.47 Å². The summed E-state index contributed by atoms with van der Waals surface area (Å²) in [5, 5.41) is 12.5. The monoisotopic (exact) mass is 408 g/mol. The zero-order valence-electron chi connectivity index (χ0n) is 17.8. The number of aromatic nitrogens is 2. The lowest BCUT2D eigenvalue weighted by Crippen LogP contribution is -2.32. The van der Waals surface area contributed by atoms with Crippen LogP contribution in [-0.4, -0.2) is 61.1 Å². The standard InChI is InChI=1S/C24H32N4O2/c1-29-22-4-2-18(3-5-22)23-6-7-24(27-26-23)25-21-12-19-15-28(16-20(19)13-21)14-17-8-10-30-11-9-17/h2-7,17,19-21H,8-16H2,1H3,(H,25,27)/t19-,20+,21+. The number of ether oxygens (including phenoxy) is 2. The molecule has 30 heavy (non-hydrogen) atoms. The molecule has 3 fully saturated rings. The van der Waals surface area contributed by atoms with E-state index >= 15 is 0 Å². The second-order valence-electron chi connectivity index (χ2n) is 9.14. The van der Waals surface area contributed by atoms with Crippen molar-refractivity contribution in [2.45, 2.75) is 31.7 Å². The Balaban J connectivity index is 1.12. The van der Waals surface area contributed by atoms with Gasteiger partial charge in [0, 0.05) is 44.5 Å². The van der Waals surface area contributed by atoms with Gasteiger partial charge in [0.1, 0.15) is 11.6 Å². The minimum atomic E-state index is 0.520. The molecular formula is C24H32N4O2. The fourth-order valence-corrected chi connectivity index (χ4v) is 5.49. The van der Waals surface area contributed by atoms with Gasteiger partial charge in [-0.3, -0.25) is 0 Å². The molecule has 0 amide bonds. The van der Waals surface area contributed by atoms with E-state index in [1.807, 2.05) is 30.3 Å².